The third kappa shape index (κ3) is 3.16. The second-order valence-electron chi connectivity index (χ2n) is 4.95. The van der Waals surface area contributed by atoms with Gasteiger partial charge < -0.3 is 15.2 Å². The number of benzene rings is 1. The molecule has 1 saturated carbocycles. The summed E-state index contributed by atoms with van der Waals surface area (Å²) in [5, 5.41) is 0. The minimum atomic E-state index is 0.632. The zero-order chi connectivity index (χ0) is 12.8. The smallest absolute Gasteiger partial charge is 0.164 e. The summed E-state index contributed by atoms with van der Waals surface area (Å²) in [6, 6.07) is 6.01. The molecule has 1 fully saturated rings. The lowest BCUT2D eigenvalue weighted by Gasteiger charge is -2.17. The van der Waals surface area contributed by atoms with E-state index in [0.717, 1.165) is 30.1 Å². The van der Waals surface area contributed by atoms with Crippen LogP contribution in [0.3, 0.4) is 0 Å². The SMILES string of the molecule is COc1cccc(CCN)c1OCC1CCCC1. The van der Waals surface area contributed by atoms with Gasteiger partial charge in [0, 0.05) is 0 Å². The maximum Gasteiger partial charge on any atom is 0.164 e. The number of methoxy groups -OCH3 is 1. The Labute approximate surface area is 109 Å². The third-order valence-corrected chi connectivity index (χ3v) is 3.63. The van der Waals surface area contributed by atoms with Gasteiger partial charge in [-0.05, 0) is 43.4 Å². The maximum absolute atomic E-state index is 6.02. The summed E-state index contributed by atoms with van der Waals surface area (Å²) in [7, 11) is 1.68. The average molecular weight is 249 g/mol. The Hall–Kier alpha value is -1.22. The second kappa shape index (κ2) is 6.64. The van der Waals surface area contributed by atoms with Gasteiger partial charge in [-0.2, -0.15) is 0 Å². The van der Waals surface area contributed by atoms with E-state index < -0.39 is 0 Å². The summed E-state index contributed by atoms with van der Waals surface area (Å²) in [4.78, 5) is 0. The Bertz CT molecular complexity index is 373. The fourth-order valence-corrected chi connectivity index (χ4v) is 2.62. The van der Waals surface area contributed by atoms with E-state index in [-0.39, 0.29) is 0 Å². The van der Waals surface area contributed by atoms with E-state index in [1.807, 2.05) is 12.1 Å². The van der Waals surface area contributed by atoms with Crippen molar-refractivity contribution in [2.45, 2.75) is 32.1 Å². The van der Waals surface area contributed by atoms with Crippen LogP contribution in [0.5, 0.6) is 11.5 Å². The molecule has 0 unspecified atom stereocenters. The Kier molecular flexibility index (Phi) is 4.88. The number of hydrogen-bond donors (Lipinski definition) is 1. The highest BCUT2D eigenvalue weighted by atomic mass is 16.5. The van der Waals surface area contributed by atoms with Crippen molar-refractivity contribution in [3.63, 3.8) is 0 Å². The second-order valence-corrected chi connectivity index (χ2v) is 4.95. The van der Waals surface area contributed by atoms with E-state index in [1.54, 1.807) is 7.11 Å². The Morgan fingerprint density at radius 2 is 2.06 bits per heavy atom. The van der Waals surface area contributed by atoms with E-state index in [4.69, 9.17) is 15.2 Å². The van der Waals surface area contributed by atoms with Gasteiger partial charge >= 0.3 is 0 Å². The number of hydrogen-bond acceptors (Lipinski definition) is 3. The van der Waals surface area contributed by atoms with E-state index in [9.17, 15) is 0 Å². The highest BCUT2D eigenvalue weighted by Crippen LogP contribution is 2.33. The van der Waals surface area contributed by atoms with Gasteiger partial charge in [-0.25, -0.2) is 0 Å². The van der Waals surface area contributed by atoms with Crippen LogP contribution in [0.25, 0.3) is 0 Å². The fourth-order valence-electron chi connectivity index (χ4n) is 2.62. The van der Waals surface area contributed by atoms with E-state index in [0.29, 0.717) is 12.5 Å². The lowest BCUT2D eigenvalue weighted by molar-refractivity contribution is 0.238. The molecular weight excluding hydrogens is 226 g/mol. The molecule has 1 aliphatic carbocycles. The highest BCUT2D eigenvalue weighted by molar-refractivity contribution is 5.46. The summed E-state index contributed by atoms with van der Waals surface area (Å²) in [5.74, 6) is 2.41. The molecule has 0 radical (unpaired) electrons. The zero-order valence-electron chi connectivity index (χ0n) is 11.2. The normalized spacial score (nSPS) is 15.9. The van der Waals surface area contributed by atoms with Crippen LogP contribution in [-0.2, 0) is 6.42 Å². The number of para-hydroxylation sites is 1. The van der Waals surface area contributed by atoms with Gasteiger partial charge in [0.25, 0.3) is 0 Å². The van der Waals surface area contributed by atoms with Gasteiger partial charge in [0.15, 0.2) is 11.5 Å². The molecule has 2 N–H and O–H groups in total. The minimum absolute atomic E-state index is 0.632. The van der Waals surface area contributed by atoms with Crippen molar-refractivity contribution in [3.8, 4) is 11.5 Å². The predicted octanol–water partition coefficient (Wildman–Crippen LogP) is 2.77. The van der Waals surface area contributed by atoms with Crippen LogP contribution in [0.2, 0.25) is 0 Å². The van der Waals surface area contributed by atoms with Gasteiger partial charge in [-0.3, -0.25) is 0 Å². The zero-order valence-corrected chi connectivity index (χ0v) is 11.2. The van der Waals surface area contributed by atoms with Crippen molar-refractivity contribution in [2.75, 3.05) is 20.3 Å². The molecule has 0 spiro atoms. The van der Waals surface area contributed by atoms with Crippen molar-refractivity contribution in [3.05, 3.63) is 23.8 Å². The first-order valence-electron chi connectivity index (χ1n) is 6.84. The lowest BCUT2D eigenvalue weighted by atomic mass is 10.1. The van der Waals surface area contributed by atoms with Crippen molar-refractivity contribution in [1.29, 1.82) is 0 Å². The minimum Gasteiger partial charge on any atom is -0.493 e. The third-order valence-electron chi connectivity index (χ3n) is 3.63. The molecule has 3 heteroatoms. The highest BCUT2D eigenvalue weighted by Gasteiger charge is 2.17. The number of ether oxygens (including phenoxy) is 2. The quantitative estimate of drug-likeness (QED) is 0.843. The average Bonchev–Trinajstić information content (AvgIpc) is 2.90. The monoisotopic (exact) mass is 249 g/mol. The van der Waals surface area contributed by atoms with Crippen molar-refractivity contribution >= 4 is 0 Å². The molecule has 0 bridgehead atoms. The molecule has 0 aliphatic heterocycles. The first kappa shape index (κ1) is 13.2. The summed E-state index contributed by atoms with van der Waals surface area (Å²) in [6.45, 7) is 1.44. The summed E-state index contributed by atoms with van der Waals surface area (Å²) < 4.78 is 11.4. The molecule has 2 rings (SSSR count). The van der Waals surface area contributed by atoms with E-state index in [1.165, 1.54) is 25.7 Å². The van der Waals surface area contributed by atoms with Crippen molar-refractivity contribution < 1.29 is 9.47 Å². The Morgan fingerprint density at radius 3 is 2.72 bits per heavy atom. The molecular formula is C15H23NO2. The Balaban J connectivity index is 2.07. The van der Waals surface area contributed by atoms with Crippen LogP contribution in [0.4, 0.5) is 0 Å². The van der Waals surface area contributed by atoms with Crippen LogP contribution < -0.4 is 15.2 Å². The lowest BCUT2D eigenvalue weighted by Crippen LogP contribution is -2.11. The standard InChI is InChI=1S/C15H23NO2/c1-17-14-8-4-7-13(9-10-16)15(14)18-11-12-5-2-3-6-12/h4,7-8,12H,2-3,5-6,9-11,16H2,1H3. The molecule has 0 amide bonds. The van der Waals surface area contributed by atoms with Gasteiger partial charge in [0.1, 0.15) is 0 Å². The summed E-state index contributed by atoms with van der Waals surface area (Å²) in [6.07, 6.45) is 6.10. The molecule has 1 aromatic rings. The molecule has 1 aromatic carbocycles. The molecule has 0 atom stereocenters. The molecule has 18 heavy (non-hydrogen) atoms. The maximum atomic E-state index is 6.02. The molecule has 0 aromatic heterocycles. The molecule has 3 nitrogen and oxygen atoms in total. The van der Waals surface area contributed by atoms with Crippen LogP contribution >= 0.6 is 0 Å². The van der Waals surface area contributed by atoms with Gasteiger partial charge in [0.05, 0.1) is 13.7 Å². The molecule has 1 aliphatic rings. The molecule has 0 heterocycles. The first-order valence-corrected chi connectivity index (χ1v) is 6.84. The topological polar surface area (TPSA) is 44.5 Å². The Morgan fingerprint density at radius 1 is 1.28 bits per heavy atom. The van der Waals surface area contributed by atoms with Crippen molar-refractivity contribution in [1.82, 2.24) is 0 Å². The largest absolute Gasteiger partial charge is 0.493 e. The molecule has 0 saturated heterocycles. The van der Waals surface area contributed by atoms with Crippen LogP contribution in [0.15, 0.2) is 18.2 Å². The van der Waals surface area contributed by atoms with Gasteiger partial charge in [0.2, 0.25) is 0 Å². The number of nitrogens with two attached hydrogens (primary N) is 1. The van der Waals surface area contributed by atoms with Crippen LogP contribution in [0.1, 0.15) is 31.2 Å². The first-order chi connectivity index (χ1) is 8.85. The van der Waals surface area contributed by atoms with Gasteiger partial charge in [-0.1, -0.05) is 25.0 Å². The molecule has 100 valence electrons. The van der Waals surface area contributed by atoms with Gasteiger partial charge in [-0.15, -0.1) is 0 Å². The summed E-state index contributed by atoms with van der Waals surface area (Å²) in [5.41, 5.74) is 6.79. The van der Waals surface area contributed by atoms with E-state index in [2.05, 4.69) is 6.07 Å². The summed E-state index contributed by atoms with van der Waals surface area (Å²) >= 11 is 0. The van der Waals surface area contributed by atoms with Crippen molar-refractivity contribution in [2.24, 2.45) is 11.7 Å². The predicted molar refractivity (Wildman–Crippen MR) is 73.2 cm³/mol. The van der Waals surface area contributed by atoms with E-state index >= 15 is 0 Å². The van der Waals surface area contributed by atoms with Crippen LogP contribution in [-0.4, -0.2) is 20.3 Å². The fraction of sp³-hybridized carbons (Fsp3) is 0.600. The number of rotatable bonds is 6. The van der Waals surface area contributed by atoms with Crippen LogP contribution in [0, 0.1) is 5.92 Å².